The molecular weight excluding hydrogens is 408 g/mol. The maximum absolute atomic E-state index is 13.6. The number of hydrogen-bond acceptors (Lipinski definition) is 4. The van der Waals surface area contributed by atoms with Gasteiger partial charge in [-0.2, -0.15) is 0 Å². The van der Waals surface area contributed by atoms with Crippen molar-refractivity contribution in [1.82, 2.24) is 8.96 Å². The summed E-state index contributed by atoms with van der Waals surface area (Å²) in [5.41, 5.74) is 2.36. The molecule has 144 valence electrons. The van der Waals surface area contributed by atoms with Crippen LogP contribution < -0.4 is 4.74 Å². The fourth-order valence-electron chi connectivity index (χ4n) is 3.58. The van der Waals surface area contributed by atoms with Crippen LogP contribution in [0.25, 0.3) is 32.8 Å². The molecule has 5 rings (SSSR count). The van der Waals surface area contributed by atoms with Crippen molar-refractivity contribution in [2.24, 2.45) is 0 Å². The SMILES string of the molecule is COc1ccc2c(c1)c1nc3ccc(Cl)cc3cc1n2S(=O)(=O)c1ccccc1. The molecule has 5 aromatic rings. The number of pyridine rings is 1. The number of benzene rings is 3. The van der Waals surface area contributed by atoms with Crippen LogP contribution >= 0.6 is 11.6 Å². The Kier molecular flexibility index (Phi) is 4.01. The Morgan fingerprint density at radius 1 is 0.931 bits per heavy atom. The van der Waals surface area contributed by atoms with Crippen LogP contribution in [0.3, 0.4) is 0 Å². The second-order valence-corrected chi connectivity index (χ2v) is 8.88. The van der Waals surface area contributed by atoms with E-state index in [2.05, 4.69) is 0 Å². The van der Waals surface area contributed by atoms with Crippen molar-refractivity contribution in [2.45, 2.75) is 4.90 Å². The fraction of sp³-hybridized carbons (Fsp3) is 0.0455. The van der Waals surface area contributed by atoms with Crippen LogP contribution in [0.5, 0.6) is 5.75 Å². The van der Waals surface area contributed by atoms with Gasteiger partial charge in [0.1, 0.15) is 5.75 Å². The third-order valence-electron chi connectivity index (χ3n) is 4.93. The molecule has 0 radical (unpaired) electrons. The van der Waals surface area contributed by atoms with Crippen molar-refractivity contribution in [1.29, 1.82) is 0 Å². The van der Waals surface area contributed by atoms with Gasteiger partial charge in [0, 0.05) is 15.8 Å². The lowest BCUT2D eigenvalue weighted by Gasteiger charge is -2.09. The molecule has 0 aliphatic heterocycles. The second kappa shape index (κ2) is 6.47. The molecule has 0 aliphatic rings. The molecule has 0 unspecified atom stereocenters. The molecule has 7 heteroatoms. The Bertz CT molecular complexity index is 1510. The summed E-state index contributed by atoms with van der Waals surface area (Å²) in [5, 5.41) is 2.04. The van der Waals surface area contributed by atoms with Gasteiger partial charge in [0.15, 0.2) is 0 Å². The van der Waals surface area contributed by atoms with Crippen molar-refractivity contribution in [3.63, 3.8) is 0 Å². The zero-order chi connectivity index (χ0) is 20.2. The van der Waals surface area contributed by atoms with Gasteiger partial charge in [-0.15, -0.1) is 0 Å². The van der Waals surface area contributed by atoms with Gasteiger partial charge in [0.25, 0.3) is 10.0 Å². The van der Waals surface area contributed by atoms with Crippen LogP contribution in [0.4, 0.5) is 0 Å². The number of nitrogens with zero attached hydrogens (tertiary/aromatic N) is 2. The van der Waals surface area contributed by atoms with E-state index in [4.69, 9.17) is 21.3 Å². The van der Waals surface area contributed by atoms with Crippen molar-refractivity contribution in [2.75, 3.05) is 7.11 Å². The number of aromatic nitrogens is 2. The molecule has 3 aromatic carbocycles. The van der Waals surface area contributed by atoms with E-state index in [1.54, 1.807) is 61.7 Å². The molecule has 0 saturated carbocycles. The van der Waals surface area contributed by atoms with Gasteiger partial charge >= 0.3 is 0 Å². The first-order chi connectivity index (χ1) is 14.0. The van der Waals surface area contributed by atoms with Crippen LogP contribution in [0.1, 0.15) is 0 Å². The normalized spacial score (nSPS) is 12.1. The van der Waals surface area contributed by atoms with Crippen LogP contribution in [0.2, 0.25) is 5.02 Å². The standard InChI is InChI=1S/C22H15ClN2O3S/c1-28-16-8-10-20-18(13-16)22-21(12-14-11-15(23)7-9-19(14)24-22)25(20)29(26,27)17-5-3-2-4-6-17/h2-13H,1H3. The average Bonchev–Trinajstić information content (AvgIpc) is 3.05. The van der Waals surface area contributed by atoms with E-state index in [-0.39, 0.29) is 4.90 Å². The smallest absolute Gasteiger partial charge is 0.268 e. The lowest BCUT2D eigenvalue weighted by molar-refractivity contribution is 0.415. The predicted molar refractivity (Wildman–Crippen MR) is 115 cm³/mol. The molecular formula is C22H15ClN2O3S. The van der Waals surface area contributed by atoms with E-state index in [0.717, 1.165) is 10.9 Å². The Morgan fingerprint density at radius 3 is 2.48 bits per heavy atom. The highest BCUT2D eigenvalue weighted by Gasteiger charge is 2.24. The molecule has 5 nitrogen and oxygen atoms in total. The highest BCUT2D eigenvalue weighted by atomic mass is 35.5. The number of rotatable bonds is 3. The quantitative estimate of drug-likeness (QED) is 0.399. The zero-order valence-corrected chi connectivity index (χ0v) is 16.9. The fourth-order valence-corrected chi connectivity index (χ4v) is 5.29. The molecule has 0 amide bonds. The number of hydrogen-bond donors (Lipinski definition) is 0. The van der Waals surface area contributed by atoms with Gasteiger partial charge in [-0.1, -0.05) is 29.8 Å². The van der Waals surface area contributed by atoms with E-state index < -0.39 is 10.0 Å². The number of ether oxygens (including phenoxy) is 1. The summed E-state index contributed by atoms with van der Waals surface area (Å²) < 4.78 is 33.8. The van der Waals surface area contributed by atoms with Crippen molar-refractivity contribution >= 4 is 54.5 Å². The molecule has 0 aliphatic carbocycles. The molecule has 2 heterocycles. The molecule has 0 atom stereocenters. The number of fused-ring (bicyclic) bond motifs is 4. The van der Waals surface area contributed by atoms with Crippen molar-refractivity contribution in [3.8, 4) is 5.75 Å². The Labute approximate surface area is 172 Å². The third-order valence-corrected chi connectivity index (χ3v) is 6.91. The molecule has 0 fully saturated rings. The van der Waals surface area contributed by atoms with Crippen molar-refractivity contribution in [3.05, 3.63) is 77.8 Å². The molecule has 0 bridgehead atoms. The number of halogens is 1. The Morgan fingerprint density at radius 2 is 1.72 bits per heavy atom. The van der Waals surface area contributed by atoms with E-state index in [9.17, 15) is 8.42 Å². The Hall–Kier alpha value is -3.09. The predicted octanol–water partition coefficient (Wildman–Crippen LogP) is 5.24. The van der Waals surface area contributed by atoms with Crippen LogP contribution in [0, 0.1) is 0 Å². The minimum Gasteiger partial charge on any atom is -0.497 e. The summed E-state index contributed by atoms with van der Waals surface area (Å²) in [4.78, 5) is 4.96. The highest BCUT2D eigenvalue weighted by molar-refractivity contribution is 7.90. The van der Waals surface area contributed by atoms with Gasteiger partial charge in [-0.05, 0) is 54.6 Å². The lowest BCUT2D eigenvalue weighted by atomic mass is 10.2. The summed E-state index contributed by atoms with van der Waals surface area (Å²) in [7, 11) is -2.27. The van der Waals surface area contributed by atoms with Crippen LogP contribution in [-0.2, 0) is 10.0 Å². The van der Waals surface area contributed by atoms with Gasteiger partial charge in [-0.3, -0.25) is 0 Å². The highest BCUT2D eigenvalue weighted by Crippen LogP contribution is 2.35. The van der Waals surface area contributed by atoms with E-state index >= 15 is 0 Å². The van der Waals surface area contributed by atoms with Gasteiger partial charge in [0.05, 0.1) is 34.1 Å². The summed E-state index contributed by atoms with van der Waals surface area (Å²) in [6, 6.07) is 20.9. The maximum atomic E-state index is 13.6. The zero-order valence-electron chi connectivity index (χ0n) is 15.3. The van der Waals surface area contributed by atoms with E-state index in [0.29, 0.717) is 32.7 Å². The molecule has 0 saturated heterocycles. The lowest BCUT2D eigenvalue weighted by Crippen LogP contribution is -2.12. The van der Waals surface area contributed by atoms with Crippen LogP contribution in [-0.4, -0.2) is 24.5 Å². The van der Waals surface area contributed by atoms with Crippen LogP contribution in [0.15, 0.2) is 77.7 Å². The van der Waals surface area contributed by atoms with Gasteiger partial charge < -0.3 is 4.74 Å². The maximum Gasteiger partial charge on any atom is 0.268 e. The van der Waals surface area contributed by atoms with E-state index in [1.807, 2.05) is 18.2 Å². The second-order valence-electron chi connectivity index (χ2n) is 6.66. The monoisotopic (exact) mass is 422 g/mol. The minimum atomic E-state index is -3.84. The van der Waals surface area contributed by atoms with E-state index in [1.165, 1.54) is 3.97 Å². The van der Waals surface area contributed by atoms with Crippen molar-refractivity contribution < 1.29 is 13.2 Å². The average molecular weight is 423 g/mol. The third kappa shape index (κ3) is 2.75. The minimum absolute atomic E-state index is 0.209. The summed E-state index contributed by atoms with van der Waals surface area (Å²) in [6.07, 6.45) is 0. The molecule has 29 heavy (non-hydrogen) atoms. The summed E-state index contributed by atoms with van der Waals surface area (Å²) in [6.45, 7) is 0. The molecule has 0 N–H and O–H groups in total. The molecule has 0 spiro atoms. The summed E-state index contributed by atoms with van der Waals surface area (Å²) >= 11 is 6.14. The van der Waals surface area contributed by atoms with Gasteiger partial charge in [-0.25, -0.2) is 17.4 Å². The Balaban J connectivity index is 1.97. The first-order valence-corrected chi connectivity index (χ1v) is 10.7. The summed E-state index contributed by atoms with van der Waals surface area (Å²) in [5.74, 6) is 0.631. The van der Waals surface area contributed by atoms with Gasteiger partial charge in [0.2, 0.25) is 0 Å². The first kappa shape index (κ1) is 18.0. The first-order valence-electron chi connectivity index (χ1n) is 8.88. The topological polar surface area (TPSA) is 61.2 Å². The number of methoxy groups -OCH3 is 1. The largest absolute Gasteiger partial charge is 0.497 e. The molecule has 2 aromatic heterocycles.